The predicted octanol–water partition coefficient (Wildman–Crippen LogP) is 3.45. The quantitative estimate of drug-likeness (QED) is 0.700. The Bertz CT molecular complexity index is 814. The fourth-order valence-electron chi connectivity index (χ4n) is 2.72. The smallest absolute Gasteiger partial charge is 0.129 e. The van der Waals surface area contributed by atoms with Gasteiger partial charge in [0.2, 0.25) is 0 Å². The molecule has 0 atom stereocenters. The number of aromatic nitrogens is 2. The van der Waals surface area contributed by atoms with Crippen molar-refractivity contribution in [1.82, 2.24) is 8.75 Å². The fourth-order valence-corrected chi connectivity index (χ4v) is 3.53. The van der Waals surface area contributed by atoms with Gasteiger partial charge in [0.05, 0.1) is 22.4 Å². The molecule has 0 saturated heterocycles. The van der Waals surface area contributed by atoms with Crippen LogP contribution in [0.25, 0.3) is 11.0 Å². The van der Waals surface area contributed by atoms with E-state index in [0.29, 0.717) is 5.02 Å². The first-order valence-electron chi connectivity index (χ1n) is 6.26. The van der Waals surface area contributed by atoms with Crippen LogP contribution in [0.2, 0.25) is 5.02 Å². The van der Waals surface area contributed by atoms with Gasteiger partial charge in [-0.3, -0.25) is 0 Å². The minimum Gasteiger partial charge on any atom is -0.398 e. The number of benzene rings is 2. The van der Waals surface area contributed by atoms with Gasteiger partial charge in [0.15, 0.2) is 0 Å². The Morgan fingerprint density at radius 2 is 2.05 bits per heavy atom. The van der Waals surface area contributed by atoms with Gasteiger partial charge in [-0.1, -0.05) is 23.7 Å². The minimum atomic E-state index is 0.705. The summed E-state index contributed by atoms with van der Waals surface area (Å²) in [5.41, 5.74) is 12.0. The highest BCUT2D eigenvalue weighted by Gasteiger charge is 2.25. The standard InChI is InChI=1S/C14H11ClN4S/c15-10-4-5-12-13(18-20-17-12)14(10)19-6-8-2-1-3-11(16)9(8)7-19/h1-5H,6-7,16H2. The zero-order chi connectivity index (χ0) is 13.7. The lowest BCUT2D eigenvalue weighted by molar-refractivity contribution is 0.885. The van der Waals surface area contributed by atoms with E-state index in [2.05, 4.69) is 19.7 Å². The molecule has 0 fully saturated rings. The molecular formula is C14H11ClN4S. The van der Waals surface area contributed by atoms with E-state index in [0.717, 1.165) is 35.5 Å². The molecule has 1 aliphatic heterocycles. The lowest BCUT2D eigenvalue weighted by Gasteiger charge is -2.19. The molecule has 0 unspecified atom stereocenters. The van der Waals surface area contributed by atoms with E-state index in [1.54, 1.807) is 0 Å². The van der Waals surface area contributed by atoms with Crippen molar-refractivity contribution in [3.05, 3.63) is 46.5 Å². The molecule has 2 N–H and O–H groups in total. The van der Waals surface area contributed by atoms with Gasteiger partial charge < -0.3 is 10.6 Å². The Balaban J connectivity index is 1.85. The molecule has 1 aliphatic rings. The van der Waals surface area contributed by atoms with Crippen molar-refractivity contribution in [3.63, 3.8) is 0 Å². The first kappa shape index (κ1) is 11.9. The van der Waals surface area contributed by atoms with Gasteiger partial charge in [-0.15, -0.1) is 0 Å². The molecule has 0 bridgehead atoms. The Morgan fingerprint density at radius 3 is 2.90 bits per heavy atom. The first-order chi connectivity index (χ1) is 9.74. The number of hydrogen-bond donors (Lipinski definition) is 1. The average molecular weight is 303 g/mol. The summed E-state index contributed by atoms with van der Waals surface area (Å²) in [4.78, 5) is 2.22. The van der Waals surface area contributed by atoms with Crippen molar-refractivity contribution < 1.29 is 0 Å². The molecule has 0 aliphatic carbocycles. The molecule has 0 saturated carbocycles. The fraction of sp³-hybridized carbons (Fsp3) is 0.143. The third kappa shape index (κ3) is 1.67. The zero-order valence-corrected chi connectivity index (χ0v) is 12.1. The number of hydrogen-bond acceptors (Lipinski definition) is 5. The van der Waals surface area contributed by atoms with Crippen LogP contribution in [-0.4, -0.2) is 8.75 Å². The summed E-state index contributed by atoms with van der Waals surface area (Å²) in [5, 5.41) is 0.705. The molecule has 4 nitrogen and oxygen atoms in total. The number of nitrogens with two attached hydrogens (primary N) is 1. The van der Waals surface area contributed by atoms with Crippen LogP contribution < -0.4 is 10.6 Å². The summed E-state index contributed by atoms with van der Waals surface area (Å²) in [6.45, 7) is 1.56. The first-order valence-corrected chi connectivity index (χ1v) is 7.37. The Morgan fingerprint density at radius 1 is 1.15 bits per heavy atom. The zero-order valence-electron chi connectivity index (χ0n) is 10.5. The van der Waals surface area contributed by atoms with Crippen LogP contribution in [0.4, 0.5) is 11.4 Å². The van der Waals surface area contributed by atoms with Crippen molar-refractivity contribution in [3.8, 4) is 0 Å². The average Bonchev–Trinajstić information content (AvgIpc) is 3.05. The SMILES string of the molecule is Nc1cccc2c1CN(c1c(Cl)ccc3nsnc13)C2. The third-order valence-electron chi connectivity index (χ3n) is 3.69. The van der Waals surface area contributed by atoms with Gasteiger partial charge in [0, 0.05) is 18.8 Å². The summed E-state index contributed by atoms with van der Waals surface area (Å²) in [5.74, 6) is 0. The highest BCUT2D eigenvalue weighted by atomic mass is 35.5. The molecule has 6 heteroatoms. The summed E-state index contributed by atoms with van der Waals surface area (Å²) < 4.78 is 8.66. The number of halogens is 1. The summed E-state index contributed by atoms with van der Waals surface area (Å²) >= 11 is 7.60. The molecule has 4 rings (SSSR count). The van der Waals surface area contributed by atoms with Crippen LogP contribution in [0.5, 0.6) is 0 Å². The van der Waals surface area contributed by atoms with Gasteiger partial charge >= 0.3 is 0 Å². The molecule has 0 spiro atoms. The summed E-state index contributed by atoms with van der Waals surface area (Å²) in [6.07, 6.45) is 0. The lowest BCUT2D eigenvalue weighted by Crippen LogP contribution is -2.15. The van der Waals surface area contributed by atoms with Gasteiger partial charge in [0.25, 0.3) is 0 Å². The second kappa shape index (κ2) is 4.33. The van der Waals surface area contributed by atoms with Crippen LogP contribution in [0.3, 0.4) is 0 Å². The maximum atomic E-state index is 6.39. The Labute approximate surface area is 125 Å². The van der Waals surface area contributed by atoms with Gasteiger partial charge in [0.1, 0.15) is 11.0 Å². The molecule has 2 aromatic carbocycles. The van der Waals surface area contributed by atoms with Crippen LogP contribution in [0, 0.1) is 0 Å². The van der Waals surface area contributed by atoms with Crippen LogP contribution in [0.15, 0.2) is 30.3 Å². The van der Waals surface area contributed by atoms with Gasteiger partial charge in [-0.25, -0.2) is 0 Å². The second-order valence-corrected chi connectivity index (χ2v) is 5.80. The van der Waals surface area contributed by atoms with Gasteiger partial charge in [-0.05, 0) is 29.3 Å². The van der Waals surface area contributed by atoms with E-state index in [-0.39, 0.29) is 0 Å². The Kier molecular flexibility index (Phi) is 2.58. The number of fused-ring (bicyclic) bond motifs is 2. The van der Waals surface area contributed by atoms with Crippen LogP contribution in [0.1, 0.15) is 11.1 Å². The van der Waals surface area contributed by atoms with Crippen molar-refractivity contribution >= 4 is 45.7 Å². The molecular weight excluding hydrogens is 292 g/mol. The largest absolute Gasteiger partial charge is 0.398 e. The molecule has 3 aromatic rings. The van der Waals surface area contributed by atoms with E-state index in [1.165, 1.54) is 22.9 Å². The number of anilines is 2. The van der Waals surface area contributed by atoms with Crippen molar-refractivity contribution in [1.29, 1.82) is 0 Å². The van der Waals surface area contributed by atoms with E-state index in [1.807, 2.05) is 24.3 Å². The monoisotopic (exact) mass is 302 g/mol. The normalized spacial score (nSPS) is 13.9. The topological polar surface area (TPSA) is 55.0 Å². The maximum absolute atomic E-state index is 6.39. The minimum absolute atomic E-state index is 0.705. The van der Waals surface area contributed by atoms with E-state index in [4.69, 9.17) is 17.3 Å². The summed E-state index contributed by atoms with van der Waals surface area (Å²) in [7, 11) is 0. The van der Waals surface area contributed by atoms with Crippen LogP contribution >= 0.6 is 23.3 Å². The number of nitrogens with zero attached hydrogens (tertiary/aromatic N) is 3. The van der Waals surface area contributed by atoms with E-state index < -0.39 is 0 Å². The molecule has 100 valence electrons. The molecule has 1 aromatic heterocycles. The second-order valence-electron chi connectivity index (χ2n) is 4.87. The maximum Gasteiger partial charge on any atom is 0.129 e. The van der Waals surface area contributed by atoms with Crippen molar-refractivity contribution in [2.45, 2.75) is 13.1 Å². The van der Waals surface area contributed by atoms with E-state index >= 15 is 0 Å². The molecule has 2 heterocycles. The molecule has 0 radical (unpaired) electrons. The highest BCUT2D eigenvalue weighted by molar-refractivity contribution is 7.00. The predicted molar refractivity (Wildman–Crippen MR) is 83.2 cm³/mol. The molecule has 0 amide bonds. The van der Waals surface area contributed by atoms with Crippen molar-refractivity contribution in [2.75, 3.05) is 10.6 Å². The van der Waals surface area contributed by atoms with E-state index in [9.17, 15) is 0 Å². The third-order valence-corrected chi connectivity index (χ3v) is 4.54. The number of nitrogen functional groups attached to an aromatic ring is 1. The number of rotatable bonds is 1. The molecule has 20 heavy (non-hydrogen) atoms. The lowest BCUT2D eigenvalue weighted by atomic mass is 10.1. The Hall–Kier alpha value is -1.85. The highest BCUT2D eigenvalue weighted by Crippen LogP contribution is 2.39. The van der Waals surface area contributed by atoms with Gasteiger partial charge in [-0.2, -0.15) is 8.75 Å². The summed E-state index contributed by atoms with van der Waals surface area (Å²) in [6, 6.07) is 9.83. The van der Waals surface area contributed by atoms with Crippen LogP contribution in [-0.2, 0) is 13.1 Å². The van der Waals surface area contributed by atoms with Crippen molar-refractivity contribution in [2.24, 2.45) is 0 Å².